The van der Waals surface area contributed by atoms with Gasteiger partial charge < -0.3 is 9.88 Å². The van der Waals surface area contributed by atoms with Crippen molar-refractivity contribution in [3.05, 3.63) is 101 Å². The van der Waals surface area contributed by atoms with Crippen molar-refractivity contribution in [2.75, 3.05) is 5.32 Å². The smallest absolute Gasteiger partial charge is 0.250 e. The number of pyridine rings is 2. The Morgan fingerprint density at radius 2 is 1.90 bits per heavy atom. The molecule has 0 spiro atoms. The zero-order chi connectivity index (χ0) is 21.6. The maximum Gasteiger partial charge on any atom is 0.250 e. The molecule has 31 heavy (non-hydrogen) atoms. The predicted octanol–water partition coefficient (Wildman–Crippen LogP) is 3.77. The van der Waals surface area contributed by atoms with Crippen LogP contribution < -0.4 is 10.9 Å². The van der Waals surface area contributed by atoms with E-state index in [1.54, 1.807) is 35.4 Å². The van der Waals surface area contributed by atoms with Crippen LogP contribution in [0.2, 0.25) is 0 Å². The van der Waals surface area contributed by atoms with Gasteiger partial charge in [0.05, 0.1) is 11.4 Å². The van der Waals surface area contributed by atoms with Gasteiger partial charge in [0.2, 0.25) is 5.91 Å². The number of carbonyl (C=O) groups excluding carboxylic acids is 1. The van der Waals surface area contributed by atoms with Crippen LogP contribution in [0.5, 0.6) is 0 Å². The molecule has 7 nitrogen and oxygen atoms in total. The highest BCUT2D eigenvalue weighted by Gasteiger charge is 2.11. The third kappa shape index (κ3) is 4.67. The fraction of sp³-hybridized carbons (Fsp3) is 0.0833. The van der Waals surface area contributed by atoms with Crippen molar-refractivity contribution in [1.29, 1.82) is 0 Å². The van der Waals surface area contributed by atoms with E-state index >= 15 is 0 Å². The van der Waals surface area contributed by atoms with Crippen molar-refractivity contribution < 1.29 is 4.79 Å². The normalized spacial score (nSPS) is 11.0. The molecule has 1 aromatic carbocycles. The molecule has 154 valence electrons. The minimum atomic E-state index is -0.300. The lowest BCUT2D eigenvalue weighted by molar-refractivity contribution is -0.111. The first kappa shape index (κ1) is 20.0. The molecule has 0 bridgehead atoms. The summed E-state index contributed by atoms with van der Waals surface area (Å²) in [6, 6.07) is 16.6. The molecule has 4 aromatic rings. The minimum absolute atomic E-state index is 0.106. The van der Waals surface area contributed by atoms with E-state index in [-0.39, 0.29) is 11.5 Å². The van der Waals surface area contributed by atoms with Crippen molar-refractivity contribution in [3.63, 3.8) is 0 Å². The maximum atomic E-state index is 12.5. The number of nitrogens with zero attached hydrogens (tertiary/aromatic N) is 4. The Balaban J connectivity index is 1.62. The number of rotatable bonds is 6. The number of benzene rings is 1. The largest absolute Gasteiger partial charge is 0.321 e. The van der Waals surface area contributed by atoms with Gasteiger partial charge in [0.15, 0.2) is 0 Å². The van der Waals surface area contributed by atoms with Crippen LogP contribution in [0.1, 0.15) is 12.5 Å². The Hall–Kier alpha value is -4.26. The Morgan fingerprint density at radius 1 is 1.06 bits per heavy atom. The van der Waals surface area contributed by atoms with E-state index < -0.39 is 0 Å². The van der Waals surface area contributed by atoms with Gasteiger partial charge in [-0.1, -0.05) is 18.2 Å². The lowest BCUT2D eigenvalue weighted by Crippen LogP contribution is -2.19. The van der Waals surface area contributed by atoms with Gasteiger partial charge >= 0.3 is 0 Å². The van der Waals surface area contributed by atoms with E-state index in [1.807, 2.05) is 55.6 Å². The molecule has 0 fully saturated rings. The third-order valence-electron chi connectivity index (χ3n) is 4.70. The van der Waals surface area contributed by atoms with Crippen LogP contribution in [0.3, 0.4) is 0 Å². The number of amides is 1. The summed E-state index contributed by atoms with van der Waals surface area (Å²) in [5.41, 5.74) is 3.73. The molecular formula is C24H21N5O2. The molecule has 0 saturated carbocycles. The summed E-state index contributed by atoms with van der Waals surface area (Å²) < 4.78 is 3.31. The van der Waals surface area contributed by atoms with Crippen molar-refractivity contribution in [2.45, 2.75) is 13.5 Å². The Bertz CT molecular complexity index is 1270. The lowest BCUT2D eigenvalue weighted by Gasteiger charge is -2.06. The highest BCUT2D eigenvalue weighted by Crippen LogP contribution is 2.24. The van der Waals surface area contributed by atoms with Crippen LogP contribution in [0.4, 0.5) is 5.69 Å². The van der Waals surface area contributed by atoms with Gasteiger partial charge in [0.1, 0.15) is 5.69 Å². The van der Waals surface area contributed by atoms with Gasteiger partial charge in [-0.15, -0.1) is 0 Å². The fourth-order valence-electron chi connectivity index (χ4n) is 3.15. The summed E-state index contributed by atoms with van der Waals surface area (Å²) in [6.45, 7) is 2.41. The van der Waals surface area contributed by atoms with E-state index in [2.05, 4.69) is 10.3 Å². The minimum Gasteiger partial charge on any atom is -0.321 e. The van der Waals surface area contributed by atoms with Crippen LogP contribution in [0, 0.1) is 0 Å². The number of para-hydroxylation sites is 1. The molecule has 0 aliphatic rings. The highest BCUT2D eigenvalue weighted by molar-refractivity contribution is 6.02. The summed E-state index contributed by atoms with van der Waals surface area (Å²) in [5.74, 6) is -0.300. The molecule has 0 radical (unpaired) electrons. The number of aryl methyl sites for hydroxylation is 1. The second-order valence-electron chi connectivity index (χ2n) is 6.82. The molecule has 3 aromatic heterocycles. The first-order valence-electron chi connectivity index (χ1n) is 9.89. The first-order chi connectivity index (χ1) is 15.1. The predicted molar refractivity (Wildman–Crippen MR) is 121 cm³/mol. The van der Waals surface area contributed by atoms with E-state index in [9.17, 15) is 9.59 Å². The van der Waals surface area contributed by atoms with Crippen molar-refractivity contribution >= 4 is 17.7 Å². The third-order valence-corrected chi connectivity index (χ3v) is 4.70. The summed E-state index contributed by atoms with van der Waals surface area (Å²) >= 11 is 0. The number of anilines is 1. The monoisotopic (exact) mass is 411 g/mol. The topological polar surface area (TPSA) is 81.8 Å². The first-order valence-corrected chi connectivity index (χ1v) is 9.89. The number of carbonyl (C=O) groups is 1. The number of aromatic nitrogens is 4. The number of hydrogen-bond donors (Lipinski definition) is 1. The molecule has 7 heteroatoms. The SMILES string of the molecule is CCn1cc(NC(=O)C=Cc2cn(-c3ccccc3)nc2-c2cccnc2)ccc1=O. The van der Waals surface area contributed by atoms with Crippen LogP contribution in [-0.4, -0.2) is 25.2 Å². The average molecular weight is 411 g/mol. The molecule has 1 N–H and O–H groups in total. The van der Waals surface area contributed by atoms with Crippen molar-refractivity contribution in [3.8, 4) is 16.9 Å². The zero-order valence-electron chi connectivity index (χ0n) is 17.0. The standard InChI is InChI=1S/C24H21N5O2/c1-2-28-17-20(11-13-23(28)31)26-22(30)12-10-19-16-29(21-8-4-3-5-9-21)27-24(19)18-7-6-14-25-15-18/h3-17H,2H2,1H3,(H,26,30). The second kappa shape index (κ2) is 9.04. The molecule has 0 saturated heterocycles. The molecule has 0 atom stereocenters. The van der Waals surface area contributed by atoms with E-state index in [1.165, 1.54) is 16.7 Å². The molecule has 0 aliphatic heterocycles. The van der Waals surface area contributed by atoms with Gasteiger partial charge in [-0.25, -0.2) is 4.68 Å². The van der Waals surface area contributed by atoms with Gasteiger partial charge in [0.25, 0.3) is 5.56 Å². The van der Waals surface area contributed by atoms with Gasteiger partial charge in [-0.2, -0.15) is 5.10 Å². The Labute approximate surface area is 179 Å². The van der Waals surface area contributed by atoms with E-state index in [0.717, 1.165) is 22.5 Å². The molecule has 0 aliphatic carbocycles. The molecule has 4 rings (SSSR count). The van der Waals surface area contributed by atoms with Gasteiger partial charge in [-0.3, -0.25) is 14.6 Å². The Morgan fingerprint density at radius 3 is 2.65 bits per heavy atom. The summed E-state index contributed by atoms with van der Waals surface area (Å²) in [7, 11) is 0. The Kier molecular flexibility index (Phi) is 5.84. The fourth-order valence-corrected chi connectivity index (χ4v) is 3.15. The summed E-state index contributed by atoms with van der Waals surface area (Å²) in [6.07, 6.45) is 10.1. The molecule has 0 unspecified atom stereocenters. The van der Waals surface area contributed by atoms with Gasteiger partial charge in [0, 0.05) is 54.6 Å². The lowest BCUT2D eigenvalue weighted by atomic mass is 10.1. The second-order valence-corrected chi connectivity index (χ2v) is 6.82. The summed E-state index contributed by atoms with van der Waals surface area (Å²) in [4.78, 5) is 28.4. The summed E-state index contributed by atoms with van der Waals surface area (Å²) in [5, 5.41) is 7.49. The zero-order valence-corrected chi connectivity index (χ0v) is 17.0. The quantitative estimate of drug-likeness (QED) is 0.490. The van der Waals surface area contributed by atoms with Crippen LogP contribution in [-0.2, 0) is 11.3 Å². The molecular weight excluding hydrogens is 390 g/mol. The van der Waals surface area contributed by atoms with Crippen molar-refractivity contribution in [2.24, 2.45) is 0 Å². The molecule has 3 heterocycles. The highest BCUT2D eigenvalue weighted by atomic mass is 16.1. The van der Waals surface area contributed by atoms with E-state index in [4.69, 9.17) is 5.10 Å². The van der Waals surface area contributed by atoms with E-state index in [0.29, 0.717) is 12.2 Å². The maximum absolute atomic E-state index is 12.5. The van der Waals surface area contributed by atoms with Gasteiger partial charge in [-0.05, 0) is 43.3 Å². The van der Waals surface area contributed by atoms with Crippen LogP contribution in [0.15, 0.2) is 90.3 Å². The number of hydrogen-bond acceptors (Lipinski definition) is 4. The number of nitrogens with one attached hydrogen (secondary N) is 1. The van der Waals surface area contributed by atoms with Crippen molar-refractivity contribution in [1.82, 2.24) is 19.3 Å². The van der Waals surface area contributed by atoms with Crippen LogP contribution in [0.25, 0.3) is 23.0 Å². The average Bonchev–Trinajstić information content (AvgIpc) is 3.24. The van der Waals surface area contributed by atoms with Crippen LogP contribution >= 0.6 is 0 Å². The molecule has 1 amide bonds.